The number of rotatable bonds is 3. The zero-order valence-electron chi connectivity index (χ0n) is 7.83. The van der Waals surface area contributed by atoms with Crippen molar-refractivity contribution in [2.24, 2.45) is 0 Å². The summed E-state index contributed by atoms with van der Waals surface area (Å²) < 4.78 is 0.998. The number of hydrogen-bond acceptors (Lipinski definition) is 1. The van der Waals surface area contributed by atoms with E-state index in [1.807, 2.05) is 31.2 Å². The van der Waals surface area contributed by atoms with Gasteiger partial charge in [-0.15, -0.1) is 0 Å². The van der Waals surface area contributed by atoms with Gasteiger partial charge in [0.15, 0.2) is 0 Å². The summed E-state index contributed by atoms with van der Waals surface area (Å²) in [6.07, 6.45) is 3.54. The lowest BCUT2D eigenvalue weighted by Crippen LogP contribution is -1.89. The summed E-state index contributed by atoms with van der Waals surface area (Å²) in [5, 5.41) is 8.45. The van der Waals surface area contributed by atoms with Crippen molar-refractivity contribution in [1.29, 1.82) is 0 Å². The molecule has 0 fully saturated rings. The molecule has 1 rings (SSSR count). The smallest absolute Gasteiger partial charge is 0.307 e. The largest absolute Gasteiger partial charge is 0.481 e. The number of carboxylic acids is 1. The molecule has 0 saturated carbocycles. The first-order valence-electron chi connectivity index (χ1n) is 4.24. The monoisotopic (exact) mass is 254 g/mol. The van der Waals surface area contributed by atoms with E-state index in [0.717, 1.165) is 15.6 Å². The van der Waals surface area contributed by atoms with E-state index in [1.165, 1.54) is 0 Å². The Morgan fingerprint density at radius 1 is 1.57 bits per heavy atom. The highest BCUT2D eigenvalue weighted by Gasteiger charge is 1.95. The highest BCUT2D eigenvalue weighted by atomic mass is 79.9. The number of carbonyl (C=O) groups is 1. The van der Waals surface area contributed by atoms with E-state index < -0.39 is 5.97 Å². The lowest BCUT2D eigenvalue weighted by molar-refractivity contribution is -0.135. The third kappa shape index (κ3) is 3.34. The minimum Gasteiger partial charge on any atom is -0.481 e. The van der Waals surface area contributed by atoms with Crippen LogP contribution in [0.3, 0.4) is 0 Å². The first-order valence-corrected chi connectivity index (χ1v) is 5.03. The van der Waals surface area contributed by atoms with Gasteiger partial charge in [0.05, 0.1) is 6.42 Å². The van der Waals surface area contributed by atoms with Crippen LogP contribution >= 0.6 is 15.9 Å². The van der Waals surface area contributed by atoms with Crippen molar-refractivity contribution in [3.05, 3.63) is 39.9 Å². The number of hydrogen-bond donors (Lipinski definition) is 1. The van der Waals surface area contributed by atoms with Crippen LogP contribution in [0.5, 0.6) is 0 Å². The summed E-state index contributed by atoms with van der Waals surface area (Å²) in [4.78, 5) is 10.3. The van der Waals surface area contributed by atoms with E-state index in [4.69, 9.17) is 5.11 Å². The molecular formula is C11H11BrO2. The van der Waals surface area contributed by atoms with E-state index >= 15 is 0 Å². The van der Waals surface area contributed by atoms with Crippen LogP contribution < -0.4 is 0 Å². The van der Waals surface area contributed by atoms with Gasteiger partial charge < -0.3 is 5.11 Å². The average molecular weight is 255 g/mol. The molecule has 1 N–H and O–H groups in total. The summed E-state index contributed by atoms with van der Waals surface area (Å²) in [5.74, 6) is -0.811. The minimum atomic E-state index is -0.811. The molecule has 1 aromatic carbocycles. The zero-order valence-corrected chi connectivity index (χ0v) is 9.41. The molecule has 0 aliphatic rings. The van der Waals surface area contributed by atoms with Crippen molar-refractivity contribution >= 4 is 28.0 Å². The molecule has 3 heteroatoms. The van der Waals surface area contributed by atoms with Crippen molar-refractivity contribution in [1.82, 2.24) is 0 Å². The third-order valence-electron chi connectivity index (χ3n) is 1.83. The molecule has 0 atom stereocenters. The summed E-state index contributed by atoms with van der Waals surface area (Å²) in [7, 11) is 0. The first kappa shape index (κ1) is 11.0. The molecule has 0 aromatic heterocycles. The van der Waals surface area contributed by atoms with Crippen molar-refractivity contribution in [3.8, 4) is 0 Å². The molecule has 0 bridgehead atoms. The van der Waals surface area contributed by atoms with Crippen LogP contribution in [0.4, 0.5) is 0 Å². The van der Waals surface area contributed by atoms with Gasteiger partial charge in [0.1, 0.15) is 0 Å². The van der Waals surface area contributed by atoms with Gasteiger partial charge in [-0.25, -0.2) is 0 Å². The highest BCUT2D eigenvalue weighted by Crippen LogP contribution is 2.17. The Kier molecular flexibility index (Phi) is 3.89. The second kappa shape index (κ2) is 4.96. The van der Waals surface area contributed by atoms with Crippen molar-refractivity contribution in [2.75, 3.05) is 0 Å². The van der Waals surface area contributed by atoms with Crippen molar-refractivity contribution < 1.29 is 9.90 Å². The summed E-state index contributed by atoms with van der Waals surface area (Å²) in [6, 6.07) is 5.92. The lowest BCUT2D eigenvalue weighted by Gasteiger charge is -2.00. The van der Waals surface area contributed by atoms with Gasteiger partial charge in [-0.3, -0.25) is 4.79 Å². The number of halogens is 1. The summed E-state index contributed by atoms with van der Waals surface area (Å²) in [6.45, 7) is 1.99. The fourth-order valence-electron chi connectivity index (χ4n) is 1.08. The predicted molar refractivity (Wildman–Crippen MR) is 60.2 cm³/mol. The highest BCUT2D eigenvalue weighted by molar-refractivity contribution is 9.10. The molecule has 0 radical (unpaired) electrons. The maximum atomic E-state index is 10.3. The Morgan fingerprint density at radius 2 is 2.29 bits per heavy atom. The summed E-state index contributed by atoms with van der Waals surface area (Å²) >= 11 is 3.37. The lowest BCUT2D eigenvalue weighted by atomic mass is 10.1. The quantitative estimate of drug-likeness (QED) is 0.900. The Bertz CT molecular complexity index is 370. The standard InChI is InChI=1S/C11H11BrO2/c1-8-5-6-10(12)7-9(8)3-2-4-11(13)14/h2-3,5-7H,4H2,1H3,(H,13,14). The Balaban J connectivity index is 2.80. The minimum absolute atomic E-state index is 0.0615. The summed E-state index contributed by atoms with van der Waals surface area (Å²) in [5.41, 5.74) is 2.18. The van der Waals surface area contributed by atoms with Crippen LogP contribution in [-0.4, -0.2) is 11.1 Å². The van der Waals surface area contributed by atoms with E-state index in [2.05, 4.69) is 15.9 Å². The second-order valence-electron chi connectivity index (χ2n) is 3.00. The number of aryl methyl sites for hydroxylation is 1. The van der Waals surface area contributed by atoms with Gasteiger partial charge in [0.25, 0.3) is 0 Å². The van der Waals surface area contributed by atoms with Crippen LogP contribution in [0.15, 0.2) is 28.7 Å². The van der Waals surface area contributed by atoms with Gasteiger partial charge in [0, 0.05) is 4.47 Å². The topological polar surface area (TPSA) is 37.3 Å². The maximum Gasteiger partial charge on any atom is 0.307 e. The van der Waals surface area contributed by atoms with Crippen LogP contribution in [0, 0.1) is 6.92 Å². The van der Waals surface area contributed by atoms with Gasteiger partial charge in [-0.05, 0) is 30.2 Å². The Labute approximate surface area is 91.4 Å². The zero-order chi connectivity index (χ0) is 10.6. The van der Waals surface area contributed by atoms with Crippen molar-refractivity contribution in [3.63, 3.8) is 0 Å². The van der Waals surface area contributed by atoms with E-state index in [9.17, 15) is 4.79 Å². The average Bonchev–Trinajstić information content (AvgIpc) is 2.10. The molecule has 1 aromatic rings. The van der Waals surface area contributed by atoms with E-state index in [1.54, 1.807) is 6.08 Å². The Hall–Kier alpha value is -1.09. The first-order chi connectivity index (χ1) is 6.59. The van der Waals surface area contributed by atoms with E-state index in [0.29, 0.717) is 0 Å². The molecule has 0 aliphatic heterocycles. The molecule has 74 valence electrons. The molecule has 2 nitrogen and oxygen atoms in total. The second-order valence-corrected chi connectivity index (χ2v) is 3.92. The maximum absolute atomic E-state index is 10.3. The van der Waals surface area contributed by atoms with Crippen LogP contribution in [0.2, 0.25) is 0 Å². The van der Waals surface area contributed by atoms with Crippen molar-refractivity contribution in [2.45, 2.75) is 13.3 Å². The molecular weight excluding hydrogens is 244 g/mol. The molecule has 14 heavy (non-hydrogen) atoms. The predicted octanol–water partition coefficient (Wildman–Crippen LogP) is 3.25. The normalized spacial score (nSPS) is 10.7. The molecule has 0 heterocycles. The Morgan fingerprint density at radius 3 is 2.93 bits per heavy atom. The van der Waals surface area contributed by atoms with Crippen LogP contribution in [0.1, 0.15) is 17.5 Å². The van der Waals surface area contributed by atoms with Gasteiger partial charge in [0.2, 0.25) is 0 Å². The van der Waals surface area contributed by atoms with E-state index in [-0.39, 0.29) is 6.42 Å². The molecule has 0 saturated heterocycles. The van der Waals surface area contributed by atoms with Gasteiger partial charge >= 0.3 is 5.97 Å². The SMILES string of the molecule is Cc1ccc(Br)cc1C=CCC(=O)O. The van der Waals surface area contributed by atoms with Crippen LogP contribution in [-0.2, 0) is 4.79 Å². The number of benzene rings is 1. The van der Waals surface area contributed by atoms with Gasteiger partial charge in [-0.2, -0.15) is 0 Å². The fourth-order valence-corrected chi connectivity index (χ4v) is 1.46. The van der Waals surface area contributed by atoms with Gasteiger partial charge in [-0.1, -0.05) is 34.1 Å². The third-order valence-corrected chi connectivity index (χ3v) is 2.32. The fraction of sp³-hybridized carbons (Fsp3) is 0.182. The number of carboxylic acid groups (broad SMARTS) is 1. The molecule has 0 unspecified atom stereocenters. The molecule has 0 aliphatic carbocycles. The molecule has 0 spiro atoms. The number of aliphatic carboxylic acids is 1. The molecule has 0 amide bonds. The van der Waals surface area contributed by atoms with Crippen LogP contribution in [0.25, 0.3) is 6.08 Å².